The van der Waals surface area contributed by atoms with E-state index in [1.54, 1.807) is 0 Å². The molecule has 1 heterocycles. The maximum Gasteiger partial charge on any atom is 0.169 e. The van der Waals surface area contributed by atoms with Gasteiger partial charge in [0.15, 0.2) is 10.9 Å². The minimum atomic E-state index is -0.122. The van der Waals surface area contributed by atoms with Crippen LogP contribution < -0.4 is 10.2 Å². The number of carbonyl (C=O) groups is 1. The van der Waals surface area contributed by atoms with Gasteiger partial charge in [-0.05, 0) is 17.8 Å². The lowest BCUT2D eigenvalue weighted by Crippen LogP contribution is -3.12. The average molecular weight is 369 g/mol. The van der Waals surface area contributed by atoms with E-state index < -0.39 is 0 Å². The molecular formula is C21H26N3OS+. The average Bonchev–Trinajstić information content (AvgIpc) is 2.69. The second-order valence-electron chi connectivity index (χ2n) is 6.85. The summed E-state index contributed by atoms with van der Waals surface area (Å²) in [6.07, 6.45) is 0.382. The zero-order valence-electron chi connectivity index (χ0n) is 15.2. The summed E-state index contributed by atoms with van der Waals surface area (Å²) in [7, 11) is 2.21. The van der Waals surface area contributed by atoms with Gasteiger partial charge in [0.25, 0.3) is 0 Å². The maximum absolute atomic E-state index is 12.7. The molecule has 2 aromatic carbocycles. The van der Waals surface area contributed by atoms with E-state index in [0.717, 1.165) is 42.4 Å². The fourth-order valence-electron chi connectivity index (χ4n) is 3.20. The Morgan fingerprint density at radius 3 is 2.27 bits per heavy atom. The molecule has 5 heteroatoms. The lowest BCUT2D eigenvalue weighted by molar-refractivity contribution is -0.883. The standard InChI is InChI=1S/C21H25N3OS/c1-23-12-14-24(15-13-23)21(26)22-19(17-8-4-2-5-9-17)16-20(25)18-10-6-3-7-11-18/h2-11,19H,12-16H2,1H3,(H,22,26)/p+1/t19-/m1/s1. The highest BCUT2D eigenvalue weighted by molar-refractivity contribution is 7.80. The van der Waals surface area contributed by atoms with Gasteiger partial charge in [-0.3, -0.25) is 4.79 Å². The largest absolute Gasteiger partial charge is 0.355 e. The Kier molecular flexibility index (Phi) is 6.36. The quantitative estimate of drug-likeness (QED) is 0.622. The van der Waals surface area contributed by atoms with E-state index in [9.17, 15) is 4.79 Å². The van der Waals surface area contributed by atoms with Crippen LogP contribution in [0.4, 0.5) is 0 Å². The minimum absolute atomic E-state index is 0.122. The Labute approximate surface area is 160 Å². The van der Waals surface area contributed by atoms with Crippen LogP contribution in [0.3, 0.4) is 0 Å². The first-order valence-electron chi connectivity index (χ1n) is 9.13. The number of likely N-dealkylation sites (N-methyl/N-ethyl adjacent to an activating group) is 1. The molecule has 0 bridgehead atoms. The first-order chi connectivity index (χ1) is 12.6. The fraction of sp³-hybridized carbons (Fsp3) is 0.333. The zero-order valence-corrected chi connectivity index (χ0v) is 16.0. The number of nitrogens with one attached hydrogen (secondary N) is 2. The SMILES string of the molecule is C[NH+]1CCN(C(=S)N[C@H](CC(=O)c2ccccc2)c2ccccc2)CC1. The van der Waals surface area contributed by atoms with Crippen molar-refractivity contribution in [1.82, 2.24) is 10.2 Å². The molecular weight excluding hydrogens is 342 g/mol. The number of benzene rings is 2. The Bertz CT molecular complexity index is 727. The zero-order chi connectivity index (χ0) is 18.4. The van der Waals surface area contributed by atoms with E-state index in [1.165, 1.54) is 4.90 Å². The second-order valence-corrected chi connectivity index (χ2v) is 7.24. The summed E-state index contributed by atoms with van der Waals surface area (Å²) in [5, 5.41) is 4.19. The molecule has 136 valence electrons. The topological polar surface area (TPSA) is 36.8 Å². The first-order valence-corrected chi connectivity index (χ1v) is 9.54. The lowest BCUT2D eigenvalue weighted by atomic mass is 9.98. The fourth-order valence-corrected chi connectivity index (χ4v) is 3.52. The Balaban J connectivity index is 1.72. The third kappa shape index (κ3) is 4.90. The number of thiocarbonyl (C=S) groups is 1. The van der Waals surface area contributed by atoms with E-state index >= 15 is 0 Å². The van der Waals surface area contributed by atoms with Crippen LogP contribution in [0.25, 0.3) is 0 Å². The van der Waals surface area contributed by atoms with Crippen molar-refractivity contribution in [3.63, 3.8) is 0 Å². The number of piperazine rings is 1. The molecule has 0 radical (unpaired) electrons. The number of Topliss-reactive ketones (excluding diaryl/α,β-unsaturated/α-hetero) is 1. The van der Waals surface area contributed by atoms with Crippen molar-refractivity contribution in [1.29, 1.82) is 0 Å². The summed E-state index contributed by atoms with van der Waals surface area (Å²) >= 11 is 5.65. The van der Waals surface area contributed by atoms with Crippen LogP contribution in [0.15, 0.2) is 60.7 Å². The number of quaternary nitrogens is 1. The van der Waals surface area contributed by atoms with E-state index in [0.29, 0.717) is 6.42 Å². The number of hydrogen-bond acceptors (Lipinski definition) is 2. The Hall–Kier alpha value is -2.24. The summed E-state index contributed by atoms with van der Waals surface area (Å²) < 4.78 is 0. The second kappa shape index (κ2) is 8.92. The van der Waals surface area contributed by atoms with Crippen LogP contribution in [0.2, 0.25) is 0 Å². The predicted octanol–water partition coefficient (Wildman–Crippen LogP) is 1.71. The summed E-state index contributed by atoms with van der Waals surface area (Å²) in [5.74, 6) is 0.123. The molecule has 0 aliphatic carbocycles. The molecule has 2 aromatic rings. The maximum atomic E-state index is 12.7. The highest BCUT2D eigenvalue weighted by Gasteiger charge is 2.23. The van der Waals surface area contributed by atoms with Crippen molar-refractivity contribution in [2.45, 2.75) is 12.5 Å². The first kappa shape index (κ1) is 18.5. The van der Waals surface area contributed by atoms with Crippen molar-refractivity contribution in [2.24, 2.45) is 0 Å². The van der Waals surface area contributed by atoms with Gasteiger partial charge in [-0.1, -0.05) is 60.7 Å². The number of rotatable bonds is 5. The van der Waals surface area contributed by atoms with Gasteiger partial charge in [0, 0.05) is 12.0 Å². The van der Waals surface area contributed by atoms with Crippen molar-refractivity contribution >= 4 is 23.1 Å². The van der Waals surface area contributed by atoms with Gasteiger partial charge >= 0.3 is 0 Å². The van der Waals surface area contributed by atoms with Gasteiger partial charge < -0.3 is 15.1 Å². The molecule has 1 atom stereocenters. The summed E-state index contributed by atoms with van der Waals surface area (Å²) in [5.41, 5.74) is 1.82. The Morgan fingerprint density at radius 1 is 1.08 bits per heavy atom. The Morgan fingerprint density at radius 2 is 1.65 bits per heavy atom. The molecule has 1 aliphatic rings. The van der Waals surface area contributed by atoms with E-state index in [1.807, 2.05) is 60.7 Å². The number of carbonyl (C=O) groups excluding carboxylic acids is 1. The molecule has 1 aliphatic heterocycles. The highest BCUT2D eigenvalue weighted by Crippen LogP contribution is 2.20. The molecule has 0 spiro atoms. The van der Waals surface area contributed by atoms with Crippen molar-refractivity contribution in [3.8, 4) is 0 Å². The molecule has 26 heavy (non-hydrogen) atoms. The summed E-state index contributed by atoms with van der Waals surface area (Å²) in [4.78, 5) is 16.5. The molecule has 1 saturated heterocycles. The third-order valence-corrected chi connectivity index (χ3v) is 5.27. The smallest absolute Gasteiger partial charge is 0.169 e. The normalized spacial score (nSPS) is 16.1. The van der Waals surface area contributed by atoms with E-state index in [2.05, 4.69) is 17.3 Å². The summed E-state index contributed by atoms with van der Waals surface area (Å²) in [6, 6.07) is 19.4. The molecule has 2 N–H and O–H groups in total. The molecule has 0 aromatic heterocycles. The van der Waals surface area contributed by atoms with E-state index in [4.69, 9.17) is 12.2 Å². The predicted molar refractivity (Wildman–Crippen MR) is 108 cm³/mol. The number of ketones is 1. The number of nitrogens with zero attached hydrogens (tertiary/aromatic N) is 1. The van der Waals surface area contributed by atoms with Crippen LogP contribution in [-0.4, -0.2) is 49.0 Å². The monoisotopic (exact) mass is 368 g/mol. The van der Waals surface area contributed by atoms with Gasteiger partial charge in [0.1, 0.15) is 0 Å². The van der Waals surface area contributed by atoms with Crippen LogP contribution in [-0.2, 0) is 0 Å². The molecule has 0 unspecified atom stereocenters. The van der Waals surface area contributed by atoms with Gasteiger partial charge in [-0.15, -0.1) is 0 Å². The van der Waals surface area contributed by atoms with Crippen LogP contribution in [0.1, 0.15) is 28.4 Å². The highest BCUT2D eigenvalue weighted by atomic mass is 32.1. The van der Waals surface area contributed by atoms with Crippen LogP contribution in [0, 0.1) is 0 Å². The lowest BCUT2D eigenvalue weighted by Gasteiger charge is -2.33. The van der Waals surface area contributed by atoms with Crippen LogP contribution >= 0.6 is 12.2 Å². The molecule has 3 rings (SSSR count). The van der Waals surface area contributed by atoms with Gasteiger partial charge in [-0.2, -0.15) is 0 Å². The van der Waals surface area contributed by atoms with Gasteiger partial charge in [0.2, 0.25) is 0 Å². The van der Waals surface area contributed by atoms with Gasteiger partial charge in [0.05, 0.1) is 39.3 Å². The molecule has 1 fully saturated rings. The van der Waals surface area contributed by atoms with Crippen LogP contribution in [0.5, 0.6) is 0 Å². The molecule has 4 nitrogen and oxygen atoms in total. The minimum Gasteiger partial charge on any atom is -0.355 e. The van der Waals surface area contributed by atoms with Crippen molar-refractivity contribution in [3.05, 3.63) is 71.8 Å². The third-order valence-electron chi connectivity index (χ3n) is 4.89. The van der Waals surface area contributed by atoms with Crippen molar-refractivity contribution in [2.75, 3.05) is 33.2 Å². The summed E-state index contributed by atoms with van der Waals surface area (Å²) in [6.45, 7) is 4.07. The van der Waals surface area contributed by atoms with E-state index in [-0.39, 0.29) is 11.8 Å². The van der Waals surface area contributed by atoms with Crippen molar-refractivity contribution < 1.29 is 9.69 Å². The number of hydrogen-bond donors (Lipinski definition) is 2. The molecule has 0 amide bonds. The van der Waals surface area contributed by atoms with Gasteiger partial charge in [-0.25, -0.2) is 0 Å². The molecule has 0 saturated carbocycles.